The monoisotopic (exact) mass is 664 g/mol. The molecule has 8 nitrogen and oxygen atoms in total. The molecule has 1 fully saturated rings. The van der Waals surface area contributed by atoms with Gasteiger partial charge >= 0.3 is 12.4 Å². The molecule has 240 valence electrons. The molecule has 1 atom stereocenters. The number of aromatic nitrogens is 3. The average molecular weight is 665 g/mol. The standard InChI is InChI=1S/C31H23ClF6N4O4/c1-41-26(29-44-11-12-45-29)23(28(46-41)21-9-5-6-10-22(21)32)27(43)24-25(18-7-3-2-4-8-18)42(40-39-24)16-17-13-19(30(33,34)35)15-20(14-17)31(36,37)38/h2-10,13-15,26,29H,11-12,16H2,1H3. The van der Waals surface area contributed by atoms with E-state index in [1.807, 2.05) is 0 Å². The molecule has 6 rings (SSSR count). The SMILES string of the molecule is CN1OC(c2ccccc2Cl)=C(C(=O)c2nnn(Cc3cc(C(F)(F)F)cc(C(F)(F)F)c3)c2-c2ccccc2)C1C1OCCO1. The summed E-state index contributed by atoms with van der Waals surface area (Å²) in [7, 11) is 1.58. The van der Waals surface area contributed by atoms with E-state index < -0.39 is 48.1 Å². The fourth-order valence-electron chi connectivity index (χ4n) is 5.38. The molecule has 0 N–H and O–H groups in total. The summed E-state index contributed by atoms with van der Waals surface area (Å²) in [5.74, 6) is -0.586. The fraction of sp³-hybridized carbons (Fsp3) is 0.258. The lowest BCUT2D eigenvalue weighted by molar-refractivity contribution is -0.153. The van der Waals surface area contributed by atoms with E-state index in [1.54, 1.807) is 61.6 Å². The van der Waals surface area contributed by atoms with Crippen LogP contribution in [-0.2, 0) is 33.2 Å². The Hall–Kier alpha value is -4.24. The van der Waals surface area contributed by atoms with Gasteiger partial charge in [-0.15, -0.1) is 10.2 Å². The van der Waals surface area contributed by atoms with E-state index in [1.165, 1.54) is 5.06 Å². The topological polar surface area (TPSA) is 78.7 Å². The van der Waals surface area contributed by atoms with Crippen LogP contribution < -0.4 is 0 Å². The lowest BCUT2D eigenvalue weighted by atomic mass is 9.94. The maximum Gasteiger partial charge on any atom is 0.416 e. The number of hydroxylamine groups is 2. The highest BCUT2D eigenvalue weighted by molar-refractivity contribution is 6.32. The van der Waals surface area contributed by atoms with Crippen LogP contribution in [0.4, 0.5) is 26.3 Å². The first-order chi connectivity index (χ1) is 21.8. The molecule has 0 amide bonds. The molecule has 0 bridgehead atoms. The summed E-state index contributed by atoms with van der Waals surface area (Å²) in [5.41, 5.74) is -2.64. The van der Waals surface area contributed by atoms with Crippen molar-refractivity contribution in [3.8, 4) is 11.3 Å². The first kappa shape index (κ1) is 31.7. The summed E-state index contributed by atoms with van der Waals surface area (Å²) in [6, 6.07) is 15.2. The van der Waals surface area contributed by atoms with Gasteiger partial charge in [-0.1, -0.05) is 59.3 Å². The number of alkyl halides is 6. The normalized spacial score (nSPS) is 18.0. The predicted octanol–water partition coefficient (Wildman–Crippen LogP) is 6.90. The van der Waals surface area contributed by atoms with Gasteiger partial charge in [-0.25, -0.2) is 4.68 Å². The number of nitrogens with zero attached hydrogens (tertiary/aromatic N) is 4. The van der Waals surface area contributed by atoms with Gasteiger partial charge in [-0.3, -0.25) is 4.79 Å². The van der Waals surface area contributed by atoms with Crippen LogP contribution in [0.5, 0.6) is 0 Å². The van der Waals surface area contributed by atoms with E-state index in [4.69, 9.17) is 25.9 Å². The minimum atomic E-state index is -5.04. The van der Waals surface area contributed by atoms with Crippen LogP contribution in [0.3, 0.4) is 0 Å². The van der Waals surface area contributed by atoms with Gasteiger partial charge in [0.1, 0.15) is 11.7 Å². The highest BCUT2D eigenvalue weighted by Crippen LogP contribution is 2.41. The number of carbonyl (C=O) groups excluding carboxylic acids is 1. The Bertz CT molecular complexity index is 1770. The summed E-state index contributed by atoms with van der Waals surface area (Å²) in [6.45, 7) is -0.0386. The fourth-order valence-corrected chi connectivity index (χ4v) is 5.60. The summed E-state index contributed by atoms with van der Waals surface area (Å²) in [5, 5.41) is 9.81. The van der Waals surface area contributed by atoms with Gasteiger partial charge in [0.05, 0.1) is 41.5 Å². The number of rotatable bonds is 7. The summed E-state index contributed by atoms with van der Waals surface area (Å²) in [6.07, 6.45) is -11.0. The molecular weight excluding hydrogens is 642 g/mol. The Morgan fingerprint density at radius 1 is 0.913 bits per heavy atom. The Morgan fingerprint density at radius 3 is 2.13 bits per heavy atom. The van der Waals surface area contributed by atoms with Crippen LogP contribution in [0.15, 0.2) is 78.4 Å². The van der Waals surface area contributed by atoms with Gasteiger partial charge in [-0.05, 0) is 35.9 Å². The number of benzene rings is 3. The summed E-state index contributed by atoms with van der Waals surface area (Å²) < 4.78 is 94.2. The molecule has 0 radical (unpaired) electrons. The van der Waals surface area contributed by atoms with Gasteiger partial charge in [0.25, 0.3) is 0 Å². The number of halogens is 7. The van der Waals surface area contributed by atoms with Crippen LogP contribution in [-0.4, -0.2) is 58.4 Å². The molecule has 1 aromatic heterocycles. The zero-order chi connectivity index (χ0) is 32.8. The van der Waals surface area contributed by atoms with E-state index in [0.29, 0.717) is 23.3 Å². The molecule has 46 heavy (non-hydrogen) atoms. The van der Waals surface area contributed by atoms with E-state index in [0.717, 1.165) is 4.68 Å². The van der Waals surface area contributed by atoms with Gasteiger partial charge in [-0.2, -0.15) is 26.3 Å². The van der Waals surface area contributed by atoms with Crippen molar-refractivity contribution < 1.29 is 45.4 Å². The second-order valence-electron chi connectivity index (χ2n) is 10.5. The third-order valence-electron chi connectivity index (χ3n) is 7.41. The Labute approximate surface area is 262 Å². The molecule has 0 saturated carbocycles. The van der Waals surface area contributed by atoms with Crippen molar-refractivity contribution in [1.82, 2.24) is 20.1 Å². The number of hydrogen-bond acceptors (Lipinski definition) is 7. The average Bonchev–Trinajstić information content (AvgIpc) is 3.75. The predicted molar refractivity (Wildman–Crippen MR) is 152 cm³/mol. The van der Waals surface area contributed by atoms with E-state index in [-0.39, 0.29) is 52.6 Å². The lowest BCUT2D eigenvalue weighted by Crippen LogP contribution is -2.40. The molecule has 1 saturated heterocycles. The van der Waals surface area contributed by atoms with E-state index >= 15 is 0 Å². The number of carbonyl (C=O) groups is 1. The third kappa shape index (κ3) is 6.12. The van der Waals surface area contributed by atoms with Gasteiger partial charge in [0.2, 0.25) is 5.78 Å². The van der Waals surface area contributed by atoms with Crippen molar-refractivity contribution in [2.75, 3.05) is 20.3 Å². The van der Waals surface area contributed by atoms with Crippen LogP contribution in [0.1, 0.15) is 32.7 Å². The highest BCUT2D eigenvalue weighted by Gasteiger charge is 2.47. The maximum atomic E-state index is 14.6. The smallest absolute Gasteiger partial charge is 0.404 e. The Kier molecular flexibility index (Phi) is 8.40. The van der Waals surface area contributed by atoms with Crippen molar-refractivity contribution in [1.29, 1.82) is 0 Å². The first-order valence-electron chi connectivity index (χ1n) is 13.8. The summed E-state index contributed by atoms with van der Waals surface area (Å²) in [4.78, 5) is 20.6. The van der Waals surface area contributed by atoms with Gasteiger partial charge in [0, 0.05) is 18.2 Å². The van der Waals surface area contributed by atoms with Crippen LogP contribution in [0.2, 0.25) is 5.02 Å². The minimum Gasteiger partial charge on any atom is -0.404 e. The molecule has 15 heteroatoms. The summed E-state index contributed by atoms with van der Waals surface area (Å²) >= 11 is 6.49. The second-order valence-corrected chi connectivity index (χ2v) is 10.9. The van der Waals surface area contributed by atoms with Crippen molar-refractivity contribution in [3.63, 3.8) is 0 Å². The number of ketones is 1. The molecular formula is C31H23ClF6N4O4. The lowest BCUT2D eigenvalue weighted by Gasteiger charge is -2.24. The zero-order valence-electron chi connectivity index (χ0n) is 23.8. The molecule has 3 heterocycles. The molecule has 2 aliphatic heterocycles. The Morgan fingerprint density at radius 2 is 1.52 bits per heavy atom. The molecule has 0 aliphatic carbocycles. The third-order valence-corrected chi connectivity index (χ3v) is 7.74. The van der Waals surface area contributed by atoms with Crippen LogP contribution >= 0.6 is 11.6 Å². The quantitative estimate of drug-likeness (QED) is 0.157. The highest BCUT2D eigenvalue weighted by atomic mass is 35.5. The maximum absolute atomic E-state index is 14.6. The molecule has 2 aliphatic rings. The van der Waals surface area contributed by atoms with Crippen molar-refractivity contribution in [2.24, 2.45) is 0 Å². The second kappa shape index (κ2) is 12.2. The molecule has 1 unspecified atom stereocenters. The van der Waals surface area contributed by atoms with E-state index in [9.17, 15) is 31.1 Å². The van der Waals surface area contributed by atoms with Crippen LogP contribution in [0.25, 0.3) is 17.0 Å². The van der Waals surface area contributed by atoms with Gasteiger partial charge in [0.15, 0.2) is 17.7 Å². The number of likely N-dealkylation sites (N-methyl/N-ethyl adjacent to an activating group) is 1. The molecule has 3 aromatic carbocycles. The van der Waals surface area contributed by atoms with Crippen molar-refractivity contribution in [2.45, 2.75) is 31.2 Å². The molecule has 0 spiro atoms. The van der Waals surface area contributed by atoms with Crippen molar-refractivity contribution in [3.05, 3.63) is 111 Å². The van der Waals surface area contributed by atoms with Crippen LogP contribution in [0, 0.1) is 0 Å². The molecule has 4 aromatic rings. The van der Waals surface area contributed by atoms with Crippen molar-refractivity contribution >= 4 is 23.1 Å². The minimum absolute atomic E-state index is 0.0461. The first-order valence-corrected chi connectivity index (χ1v) is 14.2. The number of ether oxygens (including phenoxy) is 2. The zero-order valence-corrected chi connectivity index (χ0v) is 24.5. The number of Topliss-reactive ketones (excluding diaryl/α,β-unsaturated/α-hetero) is 1. The van der Waals surface area contributed by atoms with Gasteiger partial charge < -0.3 is 14.3 Å². The number of hydrogen-bond donors (Lipinski definition) is 0. The largest absolute Gasteiger partial charge is 0.416 e. The van der Waals surface area contributed by atoms with E-state index in [2.05, 4.69) is 10.3 Å². The Balaban J connectivity index is 1.51.